The fourth-order valence-corrected chi connectivity index (χ4v) is 2.75. The fraction of sp³-hybridized carbons (Fsp3) is 0.333. The molecule has 1 N–H and O–H groups in total. The topological polar surface area (TPSA) is 81.8 Å². The Kier molecular flexibility index (Phi) is 4.92. The molecule has 1 atom stereocenters. The molecule has 7 nitrogen and oxygen atoms in total. The fourth-order valence-electron chi connectivity index (χ4n) is 2.75. The molecular formula is C18H21N5O2. The lowest BCUT2D eigenvalue weighted by molar-refractivity contribution is -0.122. The minimum atomic E-state index is -0.259. The van der Waals surface area contributed by atoms with E-state index in [0.717, 1.165) is 12.8 Å². The Morgan fingerprint density at radius 3 is 2.80 bits per heavy atom. The summed E-state index contributed by atoms with van der Waals surface area (Å²) in [6, 6.07) is 10.2. The van der Waals surface area contributed by atoms with Crippen molar-refractivity contribution in [1.29, 1.82) is 0 Å². The number of aromatic nitrogens is 4. The van der Waals surface area contributed by atoms with Crippen LogP contribution in [0.4, 0.5) is 0 Å². The van der Waals surface area contributed by atoms with E-state index in [2.05, 4.69) is 27.5 Å². The minimum absolute atomic E-state index is 0.0264. The van der Waals surface area contributed by atoms with E-state index in [0.29, 0.717) is 11.0 Å². The van der Waals surface area contributed by atoms with Gasteiger partial charge in [-0.2, -0.15) is 5.10 Å². The highest BCUT2D eigenvalue weighted by atomic mass is 16.2. The van der Waals surface area contributed by atoms with Crippen molar-refractivity contribution in [3.8, 4) is 0 Å². The van der Waals surface area contributed by atoms with Crippen molar-refractivity contribution < 1.29 is 4.79 Å². The van der Waals surface area contributed by atoms with Gasteiger partial charge >= 0.3 is 0 Å². The highest BCUT2D eigenvalue weighted by Crippen LogP contribution is 2.05. The van der Waals surface area contributed by atoms with E-state index in [1.165, 1.54) is 27.3 Å². The van der Waals surface area contributed by atoms with Gasteiger partial charge in [0.15, 0.2) is 5.65 Å². The van der Waals surface area contributed by atoms with Gasteiger partial charge in [-0.05, 0) is 25.3 Å². The number of hydrogen-bond acceptors (Lipinski definition) is 4. The maximum absolute atomic E-state index is 12.4. The maximum atomic E-state index is 12.4. The van der Waals surface area contributed by atoms with E-state index in [1.54, 1.807) is 7.05 Å². The molecule has 0 saturated heterocycles. The van der Waals surface area contributed by atoms with Gasteiger partial charge in [-0.25, -0.2) is 4.98 Å². The summed E-state index contributed by atoms with van der Waals surface area (Å²) in [6.07, 6.45) is 4.60. The van der Waals surface area contributed by atoms with Crippen LogP contribution in [0, 0.1) is 0 Å². The van der Waals surface area contributed by atoms with Gasteiger partial charge < -0.3 is 5.32 Å². The van der Waals surface area contributed by atoms with Gasteiger partial charge in [0, 0.05) is 13.1 Å². The lowest BCUT2D eigenvalue weighted by Gasteiger charge is -2.14. The van der Waals surface area contributed by atoms with Crippen molar-refractivity contribution in [1.82, 2.24) is 24.6 Å². The number of fused-ring (bicyclic) bond motifs is 1. The highest BCUT2D eigenvalue weighted by molar-refractivity contribution is 5.77. The van der Waals surface area contributed by atoms with Crippen molar-refractivity contribution in [3.05, 3.63) is 58.8 Å². The Bertz CT molecular complexity index is 930. The van der Waals surface area contributed by atoms with Crippen molar-refractivity contribution in [2.75, 3.05) is 0 Å². The zero-order valence-electron chi connectivity index (χ0n) is 14.3. The molecule has 0 saturated carbocycles. The molecule has 0 aliphatic carbocycles. The molecule has 0 aliphatic rings. The van der Waals surface area contributed by atoms with Gasteiger partial charge in [-0.1, -0.05) is 30.3 Å². The van der Waals surface area contributed by atoms with E-state index in [-0.39, 0.29) is 24.1 Å². The molecule has 25 heavy (non-hydrogen) atoms. The molecule has 2 aromatic heterocycles. The summed E-state index contributed by atoms with van der Waals surface area (Å²) in [5, 5.41) is 7.36. The minimum Gasteiger partial charge on any atom is -0.352 e. The summed E-state index contributed by atoms with van der Waals surface area (Å²) in [7, 11) is 1.72. The van der Waals surface area contributed by atoms with Gasteiger partial charge in [0.2, 0.25) is 5.91 Å². The van der Waals surface area contributed by atoms with Crippen LogP contribution in [0.5, 0.6) is 0 Å². The second-order valence-corrected chi connectivity index (χ2v) is 6.18. The largest absolute Gasteiger partial charge is 0.352 e. The van der Waals surface area contributed by atoms with Gasteiger partial charge in [-0.3, -0.25) is 18.8 Å². The van der Waals surface area contributed by atoms with Crippen LogP contribution < -0.4 is 10.9 Å². The van der Waals surface area contributed by atoms with Crippen molar-refractivity contribution in [2.45, 2.75) is 32.4 Å². The first-order valence-electron chi connectivity index (χ1n) is 8.25. The molecule has 2 heterocycles. The molecule has 0 fully saturated rings. The molecule has 0 spiro atoms. The molecule has 7 heteroatoms. The number of nitrogens with one attached hydrogen (secondary N) is 1. The summed E-state index contributed by atoms with van der Waals surface area (Å²) in [6.45, 7) is 1.92. The van der Waals surface area contributed by atoms with Crippen LogP contribution in [0.15, 0.2) is 47.7 Å². The highest BCUT2D eigenvalue weighted by Gasteiger charge is 2.12. The summed E-state index contributed by atoms with van der Waals surface area (Å²) in [5.41, 5.74) is 1.49. The number of carbonyl (C=O) groups is 1. The van der Waals surface area contributed by atoms with E-state index in [9.17, 15) is 9.59 Å². The second kappa shape index (κ2) is 7.29. The zero-order valence-corrected chi connectivity index (χ0v) is 14.3. The third-order valence-corrected chi connectivity index (χ3v) is 4.15. The van der Waals surface area contributed by atoms with Crippen LogP contribution in [0.1, 0.15) is 18.9 Å². The number of hydrogen-bond donors (Lipinski definition) is 1. The molecule has 1 aromatic carbocycles. The first-order valence-corrected chi connectivity index (χ1v) is 8.25. The lowest BCUT2D eigenvalue weighted by atomic mass is 10.1. The molecule has 0 bridgehead atoms. The third-order valence-electron chi connectivity index (χ3n) is 4.15. The number of carbonyl (C=O) groups excluding carboxylic acids is 1. The monoisotopic (exact) mass is 339 g/mol. The summed E-state index contributed by atoms with van der Waals surface area (Å²) < 4.78 is 2.84. The number of aryl methyl sites for hydroxylation is 2. The Morgan fingerprint density at radius 1 is 1.28 bits per heavy atom. The SMILES string of the molecule is CC(CCc1ccccc1)NC(=O)Cn1cnc2c(cnn2C)c1=O. The van der Waals surface area contributed by atoms with Crippen molar-refractivity contribution in [2.24, 2.45) is 7.05 Å². The van der Waals surface area contributed by atoms with Gasteiger partial charge in [-0.15, -0.1) is 0 Å². The first kappa shape index (κ1) is 16.9. The molecule has 3 rings (SSSR count). The van der Waals surface area contributed by atoms with Crippen LogP contribution in [-0.4, -0.2) is 31.3 Å². The quantitative estimate of drug-likeness (QED) is 0.733. The summed E-state index contributed by atoms with van der Waals surface area (Å²) in [5.74, 6) is -0.201. The van der Waals surface area contributed by atoms with Crippen LogP contribution in [0.2, 0.25) is 0 Å². The van der Waals surface area contributed by atoms with Crippen molar-refractivity contribution >= 4 is 16.9 Å². The molecule has 1 unspecified atom stereocenters. The third kappa shape index (κ3) is 3.93. The number of amides is 1. The molecule has 3 aromatic rings. The second-order valence-electron chi connectivity index (χ2n) is 6.18. The van der Waals surface area contributed by atoms with Gasteiger partial charge in [0.1, 0.15) is 18.3 Å². The molecule has 1 amide bonds. The summed E-state index contributed by atoms with van der Waals surface area (Å²) >= 11 is 0. The normalized spacial score (nSPS) is 12.2. The van der Waals surface area contributed by atoms with E-state index >= 15 is 0 Å². The Morgan fingerprint density at radius 2 is 2.04 bits per heavy atom. The number of rotatable bonds is 6. The summed E-state index contributed by atoms with van der Waals surface area (Å²) in [4.78, 5) is 28.8. The van der Waals surface area contributed by atoms with Crippen LogP contribution in [-0.2, 0) is 24.8 Å². The van der Waals surface area contributed by atoms with E-state index in [4.69, 9.17) is 0 Å². The molecule has 0 aliphatic heterocycles. The standard InChI is InChI=1S/C18H21N5O2/c1-13(8-9-14-6-4-3-5-7-14)21-16(24)11-23-12-19-17-15(18(23)25)10-20-22(17)2/h3-7,10,12-13H,8-9,11H2,1-2H3,(H,21,24). The average Bonchev–Trinajstić information content (AvgIpc) is 2.98. The van der Waals surface area contributed by atoms with E-state index in [1.807, 2.05) is 25.1 Å². The smallest absolute Gasteiger partial charge is 0.264 e. The molecule has 0 radical (unpaired) electrons. The van der Waals surface area contributed by atoms with Crippen molar-refractivity contribution in [3.63, 3.8) is 0 Å². The Balaban J connectivity index is 1.59. The zero-order chi connectivity index (χ0) is 17.8. The predicted octanol–water partition coefficient (Wildman–Crippen LogP) is 1.27. The van der Waals surface area contributed by atoms with Crippen LogP contribution in [0.3, 0.4) is 0 Å². The van der Waals surface area contributed by atoms with Gasteiger partial charge in [0.05, 0.1) is 6.20 Å². The first-order chi connectivity index (χ1) is 12.0. The average molecular weight is 339 g/mol. The lowest BCUT2D eigenvalue weighted by Crippen LogP contribution is -2.37. The van der Waals surface area contributed by atoms with Crippen LogP contribution in [0.25, 0.3) is 11.0 Å². The molecular weight excluding hydrogens is 318 g/mol. The molecule has 130 valence electrons. The maximum Gasteiger partial charge on any atom is 0.264 e. The Hall–Kier alpha value is -2.96. The predicted molar refractivity (Wildman–Crippen MR) is 95.1 cm³/mol. The Labute approximate surface area is 145 Å². The number of benzene rings is 1. The number of nitrogens with zero attached hydrogens (tertiary/aromatic N) is 4. The van der Waals surface area contributed by atoms with E-state index < -0.39 is 0 Å². The van der Waals surface area contributed by atoms with Crippen LogP contribution >= 0.6 is 0 Å². The van der Waals surface area contributed by atoms with Gasteiger partial charge in [0.25, 0.3) is 5.56 Å².